The summed E-state index contributed by atoms with van der Waals surface area (Å²) in [5.41, 5.74) is 5.43. The van der Waals surface area contributed by atoms with Gasteiger partial charge in [0.05, 0.1) is 36.3 Å². The van der Waals surface area contributed by atoms with Gasteiger partial charge in [-0.25, -0.2) is 14.5 Å². The van der Waals surface area contributed by atoms with Gasteiger partial charge < -0.3 is 15.0 Å². The molecule has 3 saturated heterocycles. The Morgan fingerprint density at radius 1 is 1.11 bits per heavy atom. The average molecular weight is 495 g/mol. The minimum atomic E-state index is 0.280. The molecule has 4 aromatic heterocycles. The van der Waals surface area contributed by atoms with Gasteiger partial charge in [0.2, 0.25) is 5.88 Å². The number of anilines is 2. The first-order valence-corrected chi connectivity index (χ1v) is 12.7. The van der Waals surface area contributed by atoms with Crippen LogP contribution < -0.4 is 15.0 Å². The van der Waals surface area contributed by atoms with Crippen molar-refractivity contribution in [1.82, 2.24) is 24.5 Å². The molecule has 7 rings (SSSR count). The first-order valence-electron chi connectivity index (χ1n) is 12.7. The standard InChI is InChI=1S/C28H30N8O/c1-18(2)33-22-8-25(28-21(10-29)13-32-36(28)15-22)20-5-6-26(30-12-20)34-16-23-9-24(17-34)35(23)14-19-4-7-27(37-3)31-11-19/h4-8,11-13,15,18,23-24,33H,9,14,16-17H2,1-3H3. The van der Waals surface area contributed by atoms with Gasteiger partial charge in [-0.2, -0.15) is 10.4 Å². The number of fused-ring (bicyclic) bond motifs is 3. The van der Waals surface area contributed by atoms with Crippen molar-refractivity contribution in [2.24, 2.45) is 0 Å². The van der Waals surface area contributed by atoms with Crippen LogP contribution in [0.2, 0.25) is 0 Å². The zero-order chi connectivity index (χ0) is 25.5. The van der Waals surface area contributed by atoms with Crippen molar-refractivity contribution in [2.75, 3.05) is 30.4 Å². The quantitative estimate of drug-likeness (QED) is 0.413. The van der Waals surface area contributed by atoms with E-state index >= 15 is 0 Å². The zero-order valence-electron chi connectivity index (χ0n) is 21.3. The van der Waals surface area contributed by atoms with Crippen molar-refractivity contribution >= 4 is 17.0 Å². The molecule has 9 heteroatoms. The Labute approximate surface area is 216 Å². The molecule has 0 aromatic carbocycles. The van der Waals surface area contributed by atoms with Crippen LogP contribution in [-0.2, 0) is 6.54 Å². The molecule has 1 N–H and O–H groups in total. The fourth-order valence-electron chi connectivity index (χ4n) is 5.54. The molecule has 0 spiro atoms. The summed E-state index contributed by atoms with van der Waals surface area (Å²) in [5.74, 6) is 1.64. The van der Waals surface area contributed by atoms with E-state index in [1.807, 2.05) is 24.7 Å². The molecule has 4 aromatic rings. The Kier molecular flexibility index (Phi) is 5.89. The topological polar surface area (TPSA) is 94.6 Å². The summed E-state index contributed by atoms with van der Waals surface area (Å²) in [6.07, 6.45) is 8.59. The lowest BCUT2D eigenvalue weighted by atomic mass is 9.87. The summed E-state index contributed by atoms with van der Waals surface area (Å²) in [6.45, 7) is 7.04. The Morgan fingerprint density at radius 2 is 1.95 bits per heavy atom. The third kappa shape index (κ3) is 4.34. The maximum Gasteiger partial charge on any atom is 0.212 e. The highest BCUT2D eigenvalue weighted by molar-refractivity contribution is 5.86. The second kappa shape index (κ2) is 9.37. The van der Waals surface area contributed by atoms with Crippen LogP contribution in [0.15, 0.2) is 55.1 Å². The van der Waals surface area contributed by atoms with Gasteiger partial charge in [0.15, 0.2) is 0 Å². The smallest absolute Gasteiger partial charge is 0.212 e. The van der Waals surface area contributed by atoms with Crippen molar-refractivity contribution in [2.45, 2.75) is 44.9 Å². The number of pyridine rings is 3. The third-order valence-corrected chi connectivity index (χ3v) is 7.29. The number of nitriles is 1. The van der Waals surface area contributed by atoms with E-state index in [4.69, 9.17) is 9.72 Å². The number of methoxy groups -OCH3 is 1. The number of aromatic nitrogens is 4. The Morgan fingerprint density at radius 3 is 2.59 bits per heavy atom. The molecule has 2 bridgehead atoms. The minimum absolute atomic E-state index is 0.280. The molecule has 3 aliphatic rings. The highest BCUT2D eigenvalue weighted by Gasteiger charge is 2.44. The van der Waals surface area contributed by atoms with Crippen molar-refractivity contribution in [3.63, 3.8) is 0 Å². The fourth-order valence-corrected chi connectivity index (χ4v) is 5.54. The molecule has 2 atom stereocenters. The third-order valence-electron chi connectivity index (χ3n) is 7.29. The van der Waals surface area contributed by atoms with Gasteiger partial charge in [0.25, 0.3) is 0 Å². The summed E-state index contributed by atoms with van der Waals surface area (Å²) < 4.78 is 6.95. The number of ether oxygens (including phenoxy) is 1. The predicted octanol–water partition coefficient (Wildman–Crippen LogP) is 3.95. The summed E-state index contributed by atoms with van der Waals surface area (Å²) in [6, 6.07) is 13.9. The molecule has 37 heavy (non-hydrogen) atoms. The SMILES string of the molecule is COc1ccc(CN2C3CC2CN(c2ccc(-c4cc(NC(C)C)cn5ncc(C#N)c45)cn2)C3)cn1. The number of hydrogen-bond donors (Lipinski definition) is 1. The molecule has 0 saturated carbocycles. The molecule has 3 aliphatic heterocycles. The van der Waals surface area contributed by atoms with Crippen LogP contribution in [0, 0.1) is 11.3 Å². The second-order valence-corrected chi connectivity index (χ2v) is 10.1. The molecule has 2 unspecified atom stereocenters. The van der Waals surface area contributed by atoms with E-state index in [0.29, 0.717) is 23.5 Å². The Balaban J connectivity index is 1.20. The molecule has 188 valence electrons. The normalized spacial score (nSPS) is 19.1. The van der Waals surface area contributed by atoms with Crippen LogP contribution in [0.5, 0.6) is 5.88 Å². The summed E-state index contributed by atoms with van der Waals surface area (Å²) >= 11 is 0. The van der Waals surface area contributed by atoms with Crippen LogP contribution in [0.4, 0.5) is 11.5 Å². The zero-order valence-corrected chi connectivity index (χ0v) is 21.3. The van der Waals surface area contributed by atoms with Crippen LogP contribution >= 0.6 is 0 Å². The van der Waals surface area contributed by atoms with E-state index in [0.717, 1.165) is 47.8 Å². The number of hydrogen-bond acceptors (Lipinski definition) is 8. The molecular weight excluding hydrogens is 464 g/mol. The van der Waals surface area contributed by atoms with Gasteiger partial charge in [0, 0.05) is 67.3 Å². The lowest BCUT2D eigenvalue weighted by Crippen LogP contribution is -2.68. The Hall–Kier alpha value is -4.16. The molecule has 0 amide bonds. The van der Waals surface area contributed by atoms with Crippen LogP contribution in [-0.4, -0.2) is 62.8 Å². The van der Waals surface area contributed by atoms with Crippen molar-refractivity contribution in [3.8, 4) is 23.1 Å². The van der Waals surface area contributed by atoms with Crippen molar-refractivity contribution < 1.29 is 4.74 Å². The van der Waals surface area contributed by atoms with Crippen LogP contribution in [0.25, 0.3) is 16.6 Å². The highest BCUT2D eigenvalue weighted by atomic mass is 16.5. The lowest BCUT2D eigenvalue weighted by molar-refractivity contribution is -0.00876. The number of piperazine rings is 1. The van der Waals surface area contributed by atoms with Crippen molar-refractivity contribution in [1.29, 1.82) is 5.26 Å². The van der Waals surface area contributed by atoms with E-state index in [2.05, 4.69) is 69.4 Å². The molecular formula is C28H30N8O. The molecule has 7 heterocycles. The summed E-state index contributed by atoms with van der Waals surface area (Å²) in [7, 11) is 1.64. The van der Waals surface area contributed by atoms with Gasteiger partial charge in [-0.05, 0) is 44.0 Å². The van der Waals surface area contributed by atoms with Gasteiger partial charge >= 0.3 is 0 Å². The summed E-state index contributed by atoms with van der Waals surface area (Å²) in [5, 5.41) is 17.5. The molecule has 3 fully saturated rings. The molecule has 0 aliphatic carbocycles. The first-order chi connectivity index (χ1) is 18.0. The largest absolute Gasteiger partial charge is 0.481 e. The number of piperidine rings is 1. The molecule has 0 radical (unpaired) electrons. The minimum Gasteiger partial charge on any atom is -0.481 e. The maximum atomic E-state index is 9.64. The van der Waals surface area contributed by atoms with Gasteiger partial charge in [-0.3, -0.25) is 4.90 Å². The van der Waals surface area contributed by atoms with Gasteiger partial charge in [-0.15, -0.1) is 0 Å². The predicted molar refractivity (Wildman–Crippen MR) is 143 cm³/mol. The van der Waals surface area contributed by atoms with Gasteiger partial charge in [-0.1, -0.05) is 6.07 Å². The van der Waals surface area contributed by atoms with Crippen LogP contribution in [0.3, 0.4) is 0 Å². The second-order valence-electron chi connectivity index (χ2n) is 10.1. The number of nitrogens with one attached hydrogen (secondary N) is 1. The lowest BCUT2D eigenvalue weighted by Gasteiger charge is -2.56. The fraction of sp³-hybridized carbons (Fsp3) is 0.357. The summed E-state index contributed by atoms with van der Waals surface area (Å²) in [4.78, 5) is 14.2. The number of rotatable bonds is 7. The molecule has 9 nitrogen and oxygen atoms in total. The van der Waals surface area contributed by atoms with Gasteiger partial charge in [0.1, 0.15) is 11.9 Å². The highest BCUT2D eigenvalue weighted by Crippen LogP contribution is 2.36. The maximum absolute atomic E-state index is 9.64. The van der Waals surface area contributed by atoms with E-state index in [-0.39, 0.29) is 6.04 Å². The van der Waals surface area contributed by atoms with E-state index < -0.39 is 0 Å². The first kappa shape index (κ1) is 23.3. The average Bonchev–Trinajstić information content (AvgIpc) is 3.34. The van der Waals surface area contributed by atoms with E-state index in [9.17, 15) is 5.26 Å². The monoisotopic (exact) mass is 494 g/mol. The Bertz CT molecular complexity index is 1440. The van der Waals surface area contributed by atoms with E-state index in [1.165, 1.54) is 12.0 Å². The van der Waals surface area contributed by atoms with Crippen molar-refractivity contribution in [3.05, 3.63) is 66.2 Å². The van der Waals surface area contributed by atoms with Crippen LogP contribution in [0.1, 0.15) is 31.4 Å². The van der Waals surface area contributed by atoms with E-state index in [1.54, 1.807) is 17.8 Å². The number of nitrogens with zero attached hydrogens (tertiary/aromatic N) is 7.